The van der Waals surface area contributed by atoms with Gasteiger partial charge in [0, 0.05) is 24.8 Å². The van der Waals surface area contributed by atoms with E-state index >= 15 is 0 Å². The molecule has 0 aliphatic heterocycles. The topological polar surface area (TPSA) is 41.8 Å². The number of pyridine rings is 1. The molecule has 0 aliphatic carbocycles. The van der Waals surface area contributed by atoms with E-state index in [1.165, 1.54) is 0 Å². The van der Waals surface area contributed by atoms with Crippen molar-refractivity contribution in [1.29, 1.82) is 0 Å². The lowest BCUT2D eigenvalue weighted by Gasteiger charge is -2.05. The van der Waals surface area contributed by atoms with Gasteiger partial charge in [-0.2, -0.15) is 11.3 Å². The van der Waals surface area contributed by atoms with Gasteiger partial charge in [0.2, 0.25) is 0 Å². The monoisotopic (exact) mass is 875 g/mol. The van der Waals surface area contributed by atoms with Crippen molar-refractivity contribution in [2.45, 2.75) is 222 Å². The maximum atomic E-state index is 4.58. The summed E-state index contributed by atoms with van der Waals surface area (Å²) in [5.41, 5.74) is 4.00. The Morgan fingerprint density at radius 1 is 0.295 bits per heavy atom. The van der Waals surface area contributed by atoms with Gasteiger partial charge in [0.1, 0.15) is 0 Å². The van der Waals surface area contributed by atoms with E-state index in [-0.39, 0.29) is 0 Å². The molecule has 0 unspecified atom stereocenters. The van der Waals surface area contributed by atoms with Gasteiger partial charge in [-0.1, -0.05) is 240 Å². The van der Waals surface area contributed by atoms with Crippen LogP contribution in [0.2, 0.25) is 0 Å². The number of hydrogen-bond donors (Lipinski definition) is 1. The molecule has 0 spiro atoms. The van der Waals surface area contributed by atoms with Crippen molar-refractivity contribution in [2.24, 2.45) is 43.3 Å². The molecule has 4 heteroatoms. The fraction of sp³-hybridized carbons (Fsp3) is 0.702. The molecule has 4 aromatic heterocycles. The summed E-state index contributed by atoms with van der Waals surface area (Å²) in [5, 5.41) is 4.08. The highest BCUT2D eigenvalue weighted by molar-refractivity contribution is 7.07. The summed E-state index contributed by atoms with van der Waals surface area (Å²) >= 11 is 1.71. The third-order valence-electron chi connectivity index (χ3n) is 1.91. The highest BCUT2D eigenvalue weighted by Crippen LogP contribution is 2.11. The van der Waals surface area contributed by atoms with Crippen LogP contribution in [0.4, 0.5) is 0 Å². The van der Waals surface area contributed by atoms with Gasteiger partial charge in [-0.15, -0.1) is 0 Å². The minimum absolute atomic E-state index is 0.500. The Labute approximate surface area is 391 Å². The van der Waals surface area contributed by atoms with E-state index in [4.69, 9.17) is 0 Å². The van der Waals surface area contributed by atoms with Gasteiger partial charge in [0.25, 0.3) is 0 Å². The van der Waals surface area contributed by atoms with Crippen LogP contribution in [0, 0.1) is 43.3 Å². The van der Waals surface area contributed by atoms with E-state index in [1.54, 1.807) is 36.3 Å². The molecule has 3 nitrogen and oxygen atoms in total. The number of nitrogens with one attached hydrogen (secondary N) is 1. The van der Waals surface area contributed by atoms with Crippen LogP contribution < -0.4 is 0 Å². The zero-order valence-electron chi connectivity index (χ0n) is 47.6. The maximum absolute atomic E-state index is 4.58. The van der Waals surface area contributed by atoms with Crippen LogP contribution in [-0.4, -0.2) is 9.97 Å². The van der Waals surface area contributed by atoms with Crippen molar-refractivity contribution in [3.63, 3.8) is 0 Å². The van der Waals surface area contributed by atoms with Crippen molar-refractivity contribution in [3.05, 3.63) is 103 Å². The molecule has 0 amide bonds. The Morgan fingerprint density at radius 2 is 0.508 bits per heavy atom. The molecule has 0 radical (unpaired) electrons. The maximum Gasteiger partial charge on any atom is 0.0902 e. The largest absolute Gasteiger partial charge is 0.473 e. The molecule has 0 atom stereocenters. The molecule has 4 heterocycles. The van der Waals surface area contributed by atoms with Crippen LogP contribution in [-0.2, 0) is 0 Å². The second-order valence-electron chi connectivity index (χ2n) is 27.5. The third kappa shape index (κ3) is 520. The molecule has 0 saturated carbocycles. The summed E-state index contributed by atoms with van der Waals surface area (Å²) < 4.78 is 4.58. The Morgan fingerprint density at radius 3 is 0.574 bits per heavy atom. The van der Waals surface area contributed by atoms with E-state index in [9.17, 15) is 0 Å². The predicted octanol–water partition coefficient (Wildman–Crippen LogP) is 21.5. The molecule has 1 N–H and O–H groups in total. The normalized spacial score (nSPS) is 10.6. The Bertz CT molecular complexity index is 900. The average molecular weight is 876 g/mol. The number of furan rings is 1. The standard InChI is InChI=1S/C5H5N.8C5H12.C4H5N.C4H4O.C4H4S/c1-2-4-6-5-3-1;8*1-5(2,3)4;3*1-2-4-5-3-1/h1-5H;8*1-4H3;1-5H;2*1-4H. The van der Waals surface area contributed by atoms with Gasteiger partial charge in [0.05, 0.1) is 12.5 Å². The number of aromatic nitrogens is 2. The first-order valence-corrected chi connectivity index (χ1v) is 23.3. The molecular formula is C57H114N2OS. The number of nitrogens with zero attached hydrogens (tertiary/aromatic N) is 1. The van der Waals surface area contributed by atoms with Crippen LogP contribution in [0.5, 0.6) is 0 Å². The Balaban J connectivity index is -0.0000000838. The molecule has 0 bridgehead atoms. The van der Waals surface area contributed by atoms with Gasteiger partial charge in [0.15, 0.2) is 0 Å². The highest BCUT2D eigenvalue weighted by Gasteiger charge is 1.98. The first-order chi connectivity index (χ1) is 26.5. The minimum Gasteiger partial charge on any atom is -0.473 e. The van der Waals surface area contributed by atoms with Crippen LogP contribution in [0.25, 0.3) is 0 Å². The second-order valence-corrected chi connectivity index (χ2v) is 28.3. The number of aromatic amines is 1. The summed E-state index contributed by atoms with van der Waals surface area (Å²) in [5.74, 6) is 0. The van der Waals surface area contributed by atoms with Gasteiger partial charge < -0.3 is 9.40 Å². The van der Waals surface area contributed by atoms with Gasteiger partial charge in [-0.05, 0) is 90.5 Å². The van der Waals surface area contributed by atoms with Gasteiger partial charge >= 0.3 is 0 Å². The first kappa shape index (κ1) is 75.8. The molecular weight excluding hydrogens is 761 g/mol. The smallest absolute Gasteiger partial charge is 0.0902 e. The average Bonchev–Trinajstić information content (AvgIpc) is 3.75. The molecule has 0 aliphatic rings. The lowest BCUT2D eigenvalue weighted by atomic mass is 10.0. The Kier molecular flexibility index (Phi) is 51.4. The van der Waals surface area contributed by atoms with Crippen molar-refractivity contribution in [1.82, 2.24) is 9.97 Å². The number of hydrogen-bond acceptors (Lipinski definition) is 3. The van der Waals surface area contributed by atoms with E-state index in [1.807, 2.05) is 77.8 Å². The van der Waals surface area contributed by atoms with Gasteiger partial charge in [-0.3, -0.25) is 4.98 Å². The summed E-state index contributed by atoms with van der Waals surface area (Å²) in [7, 11) is 0. The first-order valence-electron chi connectivity index (χ1n) is 22.4. The van der Waals surface area contributed by atoms with Crippen LogP contribution in [0.1, 0.15) is 222 Å². The summed E-state index contributed by atoms with van der Waals surface area (Å²) in [4.78, 5) is 6.65. The lowest BCUT2D eigenvalue weighted by molar-refractivity contribution is 0.469. The zero-order chi connectivity index (χ0) is 50.8. The molecule has 4 aromatic rings. The van der Waals surface area contributed by atoms with Crippen LogP contribution >= 0.6 is 11.3 Å². The van der Waals surface area contributed by atoms with Crippen LogP contribution in [0.3, 0.4) is 0 Å². The molecule has 364 valence electrons. The predicted molar refractivity (Wildman–Crippen MR) is 289 cm³/mol. The van der Waals surface area contributed by atoms with Crippen molar-refractivity contribution >= 4 is 11.3 Å². The van der Waals surface area contributed by atoms with Crippen molar-refractivity contribution in [3.8, 4) is 0 Å². The molecule has 61 heavy (non-hydrogen) atoms. The zero-order valence-corrected chi connectivity index (χ0v) is 48.4. The molecule has 0 saturated heterocycles. The van der Waals surface area contributed by atoms with E-state index in [0.29, 0.717) is 43.3 Å². The van der Waals surface area contributed by atoms with E-state index in [0.717, 1.165) is 0 Å². The summed E-state index contributed by atoms with van der Waals surface area (Å²) in [6.45, 7) is 70.0. The summed E-state index contributed by atoms with van der Waals surface area (Å²) in [6.07, 6.45) is 10.5. The van der Waals surface area contributed by atoms with Crippen molar-refractivity contribution in [2.75, 3.05) is 0 Å². The second kappa shape index (κ2) is 41.4. The fourth-order valence-electron chi connectivity index (χ4n) is 1.04. The summed E-state index contributed by atoms with van der Waals surface area (Å²) in [6, 6.07) is 17.3. The highest BCUT2D eigenvalue weighted by atomic mass is 32.1. The number of thiophene rings is 1. The van der Waals surface area contributed by atoms with E-state index < -0.39 is 0 Å². The fourth-order valence-corrected chi connectivity index (χ4v) is 1.50. The van der Waals surface area contributed by atoms with E-state index in [2.05, 4.69) is 236 Å². The number of rotatable bonds is 0. The van der Waals surface area contributed by atoms with Gasteiger partial charge in [-0.25, -0.2) is 0 Å². The lowest BCUT2D eigenvalue weighted by Crippen LogP contribution is -1.93. The minimum atomic E-state index is 0.500. The number of H-pyrrole nitrogens is 1. The molecule has 0 fully saturated rings. The quantitative estimate of drug-likeness (QED) is 0.191. The molecule has 0 aromatic carbocycles. The Hall–Kier alpha value is -2.59. The van der Waals surface area contributed by atoms with Crippen LogP contribution in [0.15, 0.2) is 107 Å². The van der Waals surface area contributed by atoms with Crippen molar-refractivity contribution < 1.29 is 4.42 Å². The SMILES string of the molecule is CC(C)(C)C.CC(C)(C)C.CC(C)(C)C.CC(C)(C)C.CC(C)(C)C.CC(C)(C)C.CC(C)(C)C.CC(C)(C)C.c1cc[nH]c1.c1ccncc1.c1ccoc1.c1ccsc1. The third-order valence-corrected chi connectivity index (χ3v) is 2.54. The molecule has 4 rings (SSSR count).